The second kappa shape index (κ2) is 10.1. The Labute approximate surface area is 229 Å². The summed E-state index contributed by atoms with van der Waals surface area (Å²) in [5, 5.41) is 3.30. The Kier molecular flexibility index (Phi) is 7.50. The van der Waals surface area contributed by atoms with Crippen molar-refractivity contribution in [1.82, 2.24) is 14.2 Å². The molecule has 1 aromatic heterocycles. The van der Waals surface area contributed by atoms with Crippen molar-refractivity contribution < 1.29 is 32.6 Å². The standard InChI is InChI=1S/C28H36FN3O6S/c1-17-21-14-18(8-11-24(21)39(35,36)32(17)13-12-30-25(33)37-27(2,3)4)22-16-31(26(34)38-28(5,6)7)23-15-19(29)9-10-20(22)23/h8-11,14-17,35-36H,12-13H2,1-7H3,(H,30,33). The van der Waals surface area contributed by atoms with Gasteiger partial charge in [0.15, 0.2) is 0 Å². The van der Waals surface area contributed by atoms with Crippen molar-refractivity contribution in [3.8, 4) is 11.1 Å². The number of nitrogens with one attached hydrogen (secondary N) is 1. The number of carbonyl (C=O) groups excluding carboxylic acids is 2. The summed E-state index contributed by atoms with van der Waals surface area (Å²) in [4.78, 5) is 25.4. The summed E-state index contributed by atoms with van der Waals surface area (Å²) in [6, 6.07) is 9.12. The number of rotatable bonds is 4. The minimum absolute atomic E-state index is 0.158. The molecule has 11 heteroatoms. The summed E-state index contributed by atoms with van der Waals surface area (Å²) >= 11 is 0. The number of alkyl carbamates (subject to hydrolysis) is 1. The Morgan fingerprint density at radius 1 is 1.03 bits per heavy atom. The minimum atomic E-state index is -3.29. The van der Waals surface area contributed by atoms with Crippen LogP contribution in [0.25, 0.3) is 22.0 Å². The Hall–Kier alpha value is -3.12. The van der Waals surface area contributed by atoms with Crippen LogP contribution in [0.15, 0.2) is 47.5 Å². The fourth-order valence-corrected chi connectivity index (χ4v) is 6.54. The van der Waals surface area contributed by atoms with E-state index < -0.39 is 40.0 Å². The van der Waals surface area contributed by atoms with Gasteiger partial charge in [0.1, 0.15) is 17.0 Å². The molecule has 1 amide bonds. The highest BCUT2D eigenvalue weighted by Gasteiger charge is 2.40. The molecule has 3 aromatic rings. The summed E-state index contributed by atoms with van der Waals surface area (Å²) in [6.45, 7) is 12.8. The molecule has 1 aliphatic rings. The van der Waals surface area contributed by atoms with Gasteiger partial charge in [-0.25, -0.2) is 14.0 Å². The van der Waals surface area contributed by atoms with Crippen LogP contribution in [0.4, 0.5) is 14.0 Å². The number of aromatic nitrogens is 1. The van der Waals surface area contributed by atoms with Crippen molar-refractivity contribution in [3.05, 3.63) is 54.0 Å². The van der Waals surface area contributed by atoms with Crippen LogP contribution in [0, 0.1) is 5.82 Å². The highest BCUT2D eigenvalue weighted by molar-refractivity contribution is 8.22. The van der Waals surface area contributed by atoms with Crippen LogP contribution in [0.3, 0.4) is 0 Å². The maximum atomic E-state index is 14.2. The molecule has 0 spiro atoms. The van der Waals surface area contributed by atoms with Crippen LogP contribution < -0.4 is 5.32 Å². The van der Waals surface area contributed by atoms with Crippen molar-refractivity contribution in [1.29, 1.82) is 0 Å². The van der Waals surface area contributed by atoms with Crippen LogP contribution in [0.2, 0.25) is 0 Å². The van der Waals surface area contributed by atoms with Crippen molar-refractivity contribution in [2.45, 2.75) is 70.6 Å². The number of fused-ring (bicyclic) bond motifs is 2. The SMILES string of the molecule is CC1c2cc(-c3cn(C(=O)OC(C)(C)C)c4cc(F)ccc34)ccc2S(O)(O)N1CCNC(=O)OC(C)(C)C. The molecule has 212 valence electrons. The number of halogens is 1. The lowest BCUT2D eigenvalue weighted by Crippen LogP contribution is -2.38. The molecule has 0 radical (unpaired) electrons. The van der Waals surface area contributed by atoms with Crippen LogP contribution in [-0.2, 0) is 9.47 Å². The second-order valence-corrected chi connectivity index (χ2v) is 13.5. The molecular weight excluding hydrogens is 525 g/mol. The molecule has 9 nitrogen and oxygen atoms in total. The second-order valence-electron chi connectivity index (χ2n) is 11.6. The molecule has 0 aliphatic carbocycles. The molecule has 1 aliphatic heterocycles. The Morgan fingerprint density at radius 2 is 1.69 bits per heavy atom. The van der Waals surface area contributed by atoms with Crippen LogP contribution in [0.1, 0.15) is 60.1 Å². The summed E-state index contributed by atoms with van der Waals surface area (Å²) in [5.74, 6) is -0.482. The molecule has 0 saturated carbocycles. The molecule has 3 N–H and O–H groups in total. The van der Waals surface area contributed by atoms with Gasteiger partial charge in [-0.1, -0.05) is 6.07 Å². The van der Waals surface area contributed by atoms with E-state index in [1.807, 2.05) is 13.0 Å². The number of amides is 1. The number of nitrogens with zero attached hydrogens (tertiary/aromatic N) is 2. The zero-order valence-corrected chi connectivity index (χ0v) is 24.1. The molecule has 2 heterocycles. The maximum Gasteiger partial charge on any atom is 0.419 e. The van der Waals surface area contributed by atoms with Gasteiger partial charge in [0, 0.05) is 30.2 Å². The van der Waals surface area contributed by atoms with E-state index in [0.29, 0.717) is 26.9 Å². The average Bonchev–Trinajstić information content (AvgIpc) is 3.25. The lowest BCUT2D eigenvalue weighted by atomic mass is 9.99. The first-order valence-corrected chi connectivity index (χ1v) is 14.2. The van der Waals surface area contributed by atoms with Gasteiger partial charge in [-0.2, -0.15) is 4.31 Å². The number of carbonyl (C=O) groups is 2. The fourth-order valence-electron chi connectivity index (χ4n) is 4.59. The molecule has 1 unspecified atom stereocenters. The number of benzene rings is 2. The van der Waals surface area contributed by atoms with E-state index in [2.05, 4.69) is 5.32 Å². The fraction of sp³-hybridized carbons (Fsp3) is 0.429. The van der Waals surface area contributed by atoms with Crippen LogP contribution >= 0.6 is 10.8 Å². The lowest BCUT2D eigenvalue weighted by Gasteiger charge is -2.39. The predicted molar refractivity (Wildman–Crippen MR) is 149 cm³/mol. The van der Waals surface area contributed by atoms with Gasteiger partial charge in [0.25, 0.3) is 0 Å². The van der Waals surface area contributed by atoms with Crippen LogP contribution in [0.5, 0.6) is 0 Å². The van der Waals surface area contributed by atoms with E-state index in [1.165, 1.54) is 16.7 Å². The normalized spacial score (nSPS) is 18.1. The van der Waals surface area contributed by atoms with Gasteiger partial charge in [-0.05, 0) is 89.9 Å². The van der Waals surface area contributed by atoms with Gasteiger partial charge < -0.3 is 14.8 Å². The van der Waals surface area contributed by atoms with Crippen LogP contribution in [-0.4, -0.2) is 54.5 Å². The zero-order valence-electron chi connectivity index (χ0n) is 23.2. The molecule has 2 aromatic carbocycles. The van der Waals surface area contributed by atoms with Gasteiger partial charge in [-0.15, -0.1) is 10.8 Å². The molecular formula is C28H36FN3O6S. The highest BCUT2D eigenvalue weighted by Crippen LogP contribution is 2.63. The molecule has 4 rings (SSSR count). The van der Waals surface area contributed by atoms with E-state index in [4.69, 9.17) is 9.47 Å². The number of hydrogen-bond acceptors (Lipinski definition) is 7. The van der Waals surface area contributed by atoms with Gasteiger partial charge in [0.05, 0.1) is 16.5 Å². The molecule has 1 atom stereocenters. The van der Waals surface area contributed by atoms with Crippen molar-refractivity contribution in [2.75, 3.05) is 13.1 Å². The van der Waals surface area contributed by atoms with E-state index in [-0.39, 0.29) is 19.1 Å². The minimum Gasteiger partial charge on any atom is -0.444 e. The van der Waals surface area contributed by atoms with Crippen molar-refractivity contribution in [3.63, 3.8) is 0 Å². The average molecular weight is 562 g/mol. The largest absolute Gasteiger partial charge is 0.444 e. The Morgan fingerprint density at radius 3 is 2.33 bits per heavy atom. The lowest BCUT2D eigenvalue weighted by molar-refractivity contribution is 0.0519. The third kappa shape index (κ3) is 6.06. The van der Waals surface area contributed by atoms with Gasteiger partial charge >= 0.3 is 12.2 Å². The summed E-state index contributed by atoms with van der Waals surface area (Å²) in [6.07, 6.45) is 0.403. The number of ether oxygens (including phenoxy) is 2. The van der Waals surface area contributed by atoms with E-state index in [0.717, 1.165) is 5.56 Å². The van der Waals surface area contributed by atoms with Gasteiger partial charge in [-0.3, -0.25) is 13.7 Å². The summed E-state index contributed by atoms with van der Waals surface area (Å²) in [5.41, 5.74) is 1.10. The zero-order chi connectivity index (χ0) is 28.9. The quantitative estimate of drug-likeness (QED) is 0.310. The first-order valence-electron chi connectivity index (χ1n) is 12.7. The molecule has 0 bridgehead atoms. The third-order valence-corrected chi connectivity index (χ3v) is 8.30. The van der Waals surface area contributed by atoms with E-state index >= 15 is 0 Å². The first-order chi connectivity index (χ1) is 18.0. The van der Waals surface area contributed by atoms with E-state index in [9.17, 15) is 23.1 Å². The first kappa shape index (κ1) is 28.9. The molecule has 0 fully saturated rings. The monoisotopic (exact) mass is 561 g/mol. The summed E-state index contributed by atoms with van der Waals surface area (Å²) < 4.78 is 50.0. The molecule has 0 saturated heterocycles. The maximum absolute atomic E-state index is 14.2. The van der Waals surface area contributed by atoms with E-state index in [1.54, 1.807) is 70.2 Å². The van der Waals surface area contributed by atoms with Crippen molar-refractivity contribution in [2.24, 2.45) is 0 Å². The Balaban J connectivity index is 1.64. The predicted octanol–water partition coefficient (Wildman–Crippen LogP) is 7.16. The highest BCUT2D eigenvalue weighted by atomic mass is 32.3. The van der Waals surface area contributed by atoms with Gasteiger partial charge in [0.2, 0.25) is 0 Å². The number of hydrogen-bond donors (Lipinski definition) is 3. The smallest absolute Gasteiger partial charge is 0.419 e. The van der Waals surface area contributed by atoms with Crippen molar-refractivity contribution >= 4 is 33.9 Å². The summed E-state index contributed by atoms with van der Waals surface area (Å²) in [7, 11) is -3.29. The Bertz CT molecular complexity index is 1420. The third-order valence-electron chi connectivity index (χ3n) is 6.18. The topological polar surface area (TPSA) is 113 Å². The molecule has 39 heavy (non-hydrogen) atoms.